The van der Waals surface area contributed by atoms with Crippen molar-refractivity contribution < 1.29 is 9.90 Å². The standard InChI is InChI=1S/C7H9O2Si/c8-7(10-9)6-4-2-1-3-5-6/h1-5,7-8H,10H2. The normalized spacial score (nSPS) is 14.2. The van der Waals surface area contributed by atoms with Crippen LogP contribution in [0.5, 0.6) is 0 Å². The van der Waals surface area contributed by atoms with Gasteiger partial charge >= 0.3 is 0 Å². The highest BCUT2D eigenvalue weighted by Crippen LogP contribution is 2.08. The quantitative estimate of drug-likeness (QED) is 0.605. The molecule has 0 fully saturated rings. The zero-order chi connectivity index (χ0) is 7.40. The molecule has 1 radical (unpaired) electrons. The van der Waals surface area contributed by atoms with Crippen LogP contribution in [-0.4, -0.2) is 14.9 Å². The first-order chi connectivity index (χ1) is 4.84. The lowest BCUT2D eigenvalue weighted by atomic mass is 10.2. The maximum atomic E-state index is 10.3. The maximum absolute atomic E-state index is 10.3. The molecule has 0 spiro atoms. The minimum absolute atomic E-state index is 0.707. The van der Waals surface area contributed by atoms with Gasteiger partial charge in [0.1, 0.15) is 0 Å². The molecule has 1 rings (SSSR count). The summed E-state index contributed by atoms with van der Waals surface area (Å²) in [5.41, 5.74) is 0.0466. The Morgan fingerprint density at radius 3 is 2.40 bits per heavy atom. The van der Waals surface area contributed by atoms with Crippen LogP contribution in [0, 0.1) is 0 Å². The van der Waals surface area contributed by atoms with Crippen molar-refractivity contribution in [2.45, 2.75) is 5.73 Å². The highest BCUT2D eigenvalue weighted by molar-refractivity contribution is 6.26. The maximum Gasteiger partial charge on any atom is 0.240 e. The van der Waals surface area contributed by atoms with E-state index in [1.54, 1.807) is 12.1 Å². The van der Waals surface area contributed by atoms with E-state index in [0.717, 1.165) is 5.56 Å². The Kier molecular flexibility index (Phi) is 2.62. The van der Waals surface area contributed by atoms with Crippen molar-refractivity contribution in [3.63, 3.8) is 0 Å². The minimum atomic E-state index is -1.55. The van der Waals surface area contributed by atoms with Gasteiger partial charge in [-0.3, -0.25) is 0 Å². The molecule has 0 aliphatic heterocycles. The van der Waals surface area contributed by atoms with Gasteiger partial charge in [0.15, 0.2) is 0 Å². The molecule has 0 saturated carbocycles. The summed E-state index contributed by atoms with van der Waals surface area (Å²) in [5, 5.41) is 9.08. The van der Waals surface area contributed by atoms with Crippen molar-refractivity contribution >= 4 is 9.76 Å². The molecule has 0 aromatic heterocycles. The molecule has 0 heterocycles. The summed E-state index contributed by atoms with van der Waals surface area (Å²) in [4.78, 5) is 10.3. The fraction of sp³-hybridized carbons (Fsp3) is 0.143. The summed E-state index contributed by atoms with van der Waals surface area (Å²) in [6.07, 6.45) is 0. The van der Waals surface area contributed by atoms with Crippen LogP contribution in [0.4, 0.5) is 0 Å². The number of benzene rings is 1. The molecule has 1 atom stereocenters. The molecule has 1 N–H and O–H groups in total. The zero-order valence-corrected chi connectivity index (χ0v) is 6.94. The lowest BCUT2D eigenvalue weighted by Crippen LogP contribution is -2.04. The predicted octanol–water partition coefficient (Wildman–Crippen LogP) is 0.192. The van der Waals surface area contributed by atoms with Gasteiger partial charge < -0.3 is 9.90 Å². The summed E-state index contributed by atoms with van der Waals surface area (Å²) in [7, 11) is -1.55. The van der Waals surface area contributed by atoms with E-state index in [9.17, 15) is 4.80 Å². The van der Waals surface area contributed by atoms with Crippen LogP contribution in [-0.2, 0) is 4.80 Å². The summed E-state index contributed by atoms with van der Waals surface area (Å²) in [6, 6.07) is 9.05. The van der Waals surface area contributed by atoms with Crippen LogP contribution in [0.3, 0.4) is 0 Å². The molecule has 1 aromatic carbocycles. The summed E-state index contributed by atoms with van der Waals surface area (Å²) < 4.78 is 0. The van der Waals surface area contributed by atoms with Crippen molar-refractivity contribution in [3.8, 4) is 0 Å². The van der Waals surface area contributed by atoms with E-state index in [4.69, 9.17) is 5.11 Å². The number of hydrogen-bond acceptors (Lipinski definition) is 1. The Labute approximate surface area is 62.1 Å². The number of aliphatic hydroxyl groups excluding tert-OH is 1. The van der Waals surface area contributed by atoms with Crippen molar-refractivity contribution in [1.82, 2.24) is 0 Å². The topological polar surface area (TPSA) is 40.1 Å². The first kappa shape index (κ1) is 7.46. The van der Waals surface area contributed by atoms with Crippen LogP contribution in [0.1, 0.15) is 11.3 Å². The van der Waals surface area contributed by atoms with E-state index in [1.165, 1.54) is 0 Å². The first-order valence-corrected chi connectivity index (χ1v) is 4.55. The Morgan fingerprint density at radius 1 is 1.30 bits per heavy atom. The van der Waals surface area contributed by atoms with Gasteiger partial charge in [-0.05, 0) is 5.56 Å². The van der Waals surface area contributed by atoms with Crippen LogP contribution >= 0.6 is 0 Å². The number of hydrogen-bond donors (Lipinski definition) is 1. The van der Waals surface area contributed by atoms with E-state index < -0.39 is 15.5 Å². The van der Waals surface area contributed by atoms with E-state index in [-0.39, 0.29) is 0 Å². The van der Waals surface area contributed by atoms with Crippen LogP contribution < -0.4 is 0 Å². The molecule has 10 heavy (non-hydrogen) atoms. The molecule has 3 heteroatoms. The highest BCUT2D eigenvalue weighted by atomic mass is 28.2. The SMILES string of the molecule is [O][SiH2]C(O)c1ccccc1. The average Bonchev–Trinajstić information content (AvgIpc) is 2.05. The summed E-state index contributed by atoms with van der Waals surface area (Å²) in [6.45, 7) is 0. The molecule has 53 valence electrons. The molecule has 0 aliphatic carbocycles. The van der Waals surface area contributed by atoms with Gasteiger partial charge in [0, 0.05) is 0 Å². The largest absolute Gasteiger partial charge is 0.390 e. The third kappa shape index (κ3) is 1.67. The molecule has 0 bridgehead atoms. The van der Waals surface area contributed by atoms with Gasteiger partial charge in [0.2, 0.25) is 9.76 Å². The molecule has 0 amide bonds. The highest BCUT2D eigenvalue weighted by Gasteiger charge is 2.04. The summed E-state index contributed by atoms with van der Waals surface area (Å²) >= 11 is 0. The Morgan fingerprint density at radius 2 is 1.90 bits per heavy atom. The first-order valence-electron chi connectivity index (χ1n) is 3.15. The van der Waals surface area contributed by atoms with Gasteiger partial charge in [-0.2, -0.15) is 0 Å². The smallest absolute Gasteiger partial charge is 0.240 e. The molecule has 1 aromatic rings. The van der Waals surface area contributed by atoms with Gasteiger partial charge in [-0.25, -0.2) is 0 Å². The molecule has 0 aliphatic rings. The predicted molar refractivity (Wildman–Crippen MR) is 40.6 cm³/mol. The summed E-state index contributed by atoms with van der Waals surface area (Å²) in [5.74, 6) is 0. The lowest BCUT2D eigenvalue weighted by Gasteiger charge is -2.03. The van der Waals surface area contributed by atoms with Crippen molar-refractivity contribution in [3.05, 3.63) is 35.9 Å². The van der Waals surface area contributed by atoms with Crippen molar-refractivity contribution in [1.29, 1.82) is 0 Å². The third-order valence-corrected chi connectivity index (χ3v) is 2.13. The second-order valence-electron chi connectivity index (χ2n) is 2.09. The van der Waals surface area contributed by atoms with Gasteiger partial charge in [-0.15, -0.1) is 0 Å². The van der Waals surface area contributed by atoms with Crippen molar-refractivity contribution in [2.24, 2.45) is 0 Å². The zero-order valence-electron chi connectivity index (χ0n) is 5.53. The third-order valence-electron chi connectivity index (χ3n) is 1.34. The van der Waals surface area contributed by atoms with Gasteiger partial charge in [0.05, 0.1) is 5.73 Å². The lowest BCUT2D eigenvalue weighted by molar-refractivity contribution is 0.233. The Bertz CT molecular complexity index is 188. The molecule has 0 saturated heterocycles. The Hall–Kier alpha value is -0.643. The molecule has 1 unspecified atom stereocenters. The van der Waals surface area contributed by atoms with E-state index in [0.29, 0.717) is 0 Å². The van der Waals surface area contributed by atoms with E-state index in [1.807, 2.05) is 18.2 Å². The minimum Gasteiger partial charge on any atom is -0.390 e. The second-order valence-corrected chi connectivity index (χ2v) is 3.20. The molecule has 2 nitrogen and oxygen atoms in total. The van der Waals surface area contributed by atoms with Gasteiger partial charge in [-0.1, -0.05) is 30.3 Å². The van der Waals surface area contributed by atoms with Gasteiger partial charge in [0.25, 0.3) is 0 Å². The fourth-order valence-corrected chi connectivity index (χ4v) is 1.24. The second kappa shape index (κ2) is 3.51. The van der Waals surface area contributed by atoms with Crippen LogP contribution in [0.15, 0.2) is 30.3 Å². The molecular formula is C7H9O2Si. The Balaban J connectivity index is 2.75. The fourth-order valence-electron chi connectivity index (χ4n) is 0.771. The molecular weight excluding hydrogens is 144 g/mol. The number of aliphatic hydroxyl groups is 1. The van der Waals surface area contributed by atoms with Crippen LogP contribution in [0.2, 0.25) is 0 Å². The number of rotatable bonds is 2. The van der Waals surface area contributed by atoms with Crippen LogP contribution in [0.25, 0.3) is 0 Å². The van der Waals surface area contributed by atoms with Crippen molar-refractivity contribution in [2.75, 3.05) is 0 Å². The van der Waals surface area contributed by atoms with E-state index >= 15 is 0 Å². The van der Waals surface area contributed by atoms with E-state index in [2.05, 4.69) is 0 Å². The monoisotopic (exact) mass is 153 g/mol. The average molecular weight is 153 g/mol.